The summed E-state index contributed by atoms with van der Waals surface area (Å²) >= 11 is 0. The van der Waals surface area contributed by atoms with Gasteiger partial charge in [0.05, 0.1) is 6.61 Å². The molecule has 2 aromatic carbocycles. The number of hydrogen-bond donors (Lipinski definition) is 1. The van der Waals surface area contributed by atoms with Gasteiger partial charge in [-0.1, -0.05) is 30.3 Å². The van der Waals surface area contributed by atoms with Gasteiger partial charge in [0.25, 0.3) is 0 Å². The highest BCUT2D eigenvalue weighted by atomic mass is 16.5. The molecule has 0 unspecified atom stereocenters. The van der Waals surface area contributed by atoms with Crippen molar-refractivity contribution < 1.29 is 19.1 Å². The molecule has 0 atom stereocenters. The average molecular weight is 282 g/mol. The minimum absolute atomic E-state index is 0.0891. The second kappa shape index (κ2) is 5.32. The van der Waals surface area contributed by atoms with E-state index in [2.05, 4.69) is 0 Å². The minimum atomic E-state index is -0.430. The van der Waals surface area contributed by atoms with Crippen molar-refractivity contribution in [1.29, 1.82) is 0 Å². The molecular weight excluding hydrogens is 268 g/mol. The number of hydrogen-bond acceptors (Lipinski definition) is 4. The first kappa shape index (κ1) is 13.2. The first-order chi connectivity index (χ1) is 10.2. The summed E-state index contributed by atoms with van der Waals surface area (Å²) in [5.41, 5.74) is 1.63. The average Bonchev–Trinajstić information content (AvgIpc) is 2.87. The van der Waals surface area contributed by atoms with Crippen LogP contribution in [0.1, 0.15) is 17.3 Å². The van der Waals surface area contributed by atoms with Gasteiger partial charge in [-0.3, -0.25) is 0 Å². The van der Waals surface area contributed by atoms with Crippen molar-refractivity contribution in [2.75, 3.05) is 6.61 Å². The summed E-state index contributed by atoms with van der Waals surface area (Å²) in [6, 6.07) is 14.0. The topological polar surface area (TPSA) is 59.7 Å². The molecule has 1 N–H and O–H groups in total. The number of fused-ring (bicyclic) bond motifs is 1. The molecular formula is C17H14O4. The third-order valence-electron chi connectivity index (χ3n) is 3.19. The lowest BCUT2D eigenvalue weighted by Gasteiger charge is -2.03. The fraction of sp³-hybridized carbons (Fsp3) is 0.118. The SMILES string of the molecule is CCOC(=O)c1c(-c2ccccc2)oc2cc(O)ccc12. The Morgan fingerprint density at radius 3 is 2.67 bits per heavy atom. The van der Waals surface area contributed by atoms with Crippen LogP contribution >= 0.6 is 0 Å². The number of aromatic hydroxyl groups is 1. The molecule has 4 nitrogen and oxygen atoms in total. The van der Waals surface area contributed by atoms with Crippen molar-refractivity contribution in [3.63, 3.8) is 0 Å². The lowest BCUT2D eigenvalue weighted by Crippen LogP contribution is -2.05. The first-order valence-electron chi connectivity index (χ1n) is 6.68. The van der Waals surface area contributed by atoms with Crippen LogP contribution in [0.4, 0.5) is 0 Å². The van der Waals surface area contributed by atoms with Gasteiger partial charge in [-0.05, 0) is 19.1 Å². The molecule has 0 spiro atoms. The van der Waals surface area contributed by atoms with Gasteiger partial charge in [-0.25, -0.2) is 4.79 Å². The third-order valence-corrected chi connectivity index (χ3v) is 3.19. The molecule has 0 bridgehead atoms. The molecule has 0 saturated carbocycles. The second-order valence-electron chi connectivity index (χ2n) is 4.57. The van der Waals surface area contributed by atoms with Crippen molar-refractivity contribution in [3.8, 4) is 17.1 Å². The van der Waals surface area contributed by atoms with Gasteiger partial charge in [-0.2, -0.15) is 0 Å². The summed E-state index contributed by atoms with van der Waals surface area (Å²) in [6.07, 6.45) is 0. The molecule has 0 fully saturated rings. The van der Waals surface area contributed by atoms with Crippen molar-refractivity contribution in [2.45, 2.75) is 6.92 Å². The van der Waals surface area contributed by atoms with E-state index in [4.69, 9.17) is 9.15 Å². The second-order valence-corrected chi connectivity index (χ2v) is 4.57. The van der Waals surface area contributed by atoms with Crippen LogP contribution in [-0.4, -0.2) is 17.7 Å². The summed E-state index contributed by atoms with van der Waals surface area (Å²) in [7, 11) is 0. The molecule has 106 valence electrons. The van der Waals surface area contributed by atoms with E-state index in [1.54, 1.807) is 13.0 Å². The fourth-order valence-electron chi connectivity index (χ4n) is 2.28. The van der Waals surface area contributed by atoms with Crippen molar-refractivity contribution in [2.24, 2.45) is 0 Å². The van der Waals surface area contributed by atoms with Crippen LogP contribution in [0, 0.1) is 0 Å². The van der Waals surface area contributed by atoms with Crippen LogP contribution in [0.25, 0.3) is 22.3 Å². The van der Waals surface area contributed by atoms with E-state index >= 15 is 0 Å². The van der Waals surface area contributed by atoms with E-state index < -0.39 is 5.97 Å². The monoisotopic (exact) mass is 282 g/mol. The van der Waals surface area contributed by atoms with Gasteiger partial charge >= 0.3 is 5.97 Å². The number of furan rings is 1. The maximum absolute atomic E-state index is 12.3. The number of carbonyl (C=O) groups is 1. The molecule has 0 saturated heterocycles. The number of rotatable bonds is 3. The Hall–Kier alpha value is -2.75. The maximum atomic E-state index is 12.3. The predicted molar refractivity (Wildman–Crippen MR) is 79.3 cm³/mol. The van der Waals surface area contributed by atoms with Gasteiger partial charge in [0.1, 0.15) is 22.7 Å². The Labute approximate surface area is 121 Å². The van der Waals surface area contributed by atoms with Crippen LogP contribution in [0.2, 0.25) is 0 Å². The normalized spacial score (nSPS) is 10.7. The molecule has 0 aliphatic carbocycles. The Kier molecular flexibility index (Phi) is 3.36. The van der Waals surface area contributed by atoms with E-state index in [0.717, 1.165) is 5.56 Å². The van der Waals surface area contributed by atoms with Gasteiger partial charge < -0.3 is 14.3 Å². The zero-order valence-corrected chi connectivity index (χ0v) is 11.5. The molecule has 4 heteroatoms. The van der Waals surface area contributed by atoms with Crippen LogP contribution in [0.15, 0.2) is 52.9 Å². The number of phenolic OH excluding ortho intramolecular Hbond substituents is 1. The van der Waals surface area contributed by atoms with Crippen LogP contribution < -0.4 is 0 Å². The fourth-order valence-corrected chi connectivity index (χ4v) is 2.28. The molecule has 21 heavy (non-hydrogen) atoms. The highest BCUT2D eigenvalue weighted by Crippen LogP contribution is 2.35. The molecule has 1 heterocycles. The van der Waals surface area contributed by atoms with Gasteiger partial charge in [0.15, 0.2) is 0 Å². The van der Waals surface area contributed by atoms with Gasteiger partial charge in [0, 0.05) is 17.0 Å². The summed E-state index contributed by atoms with van der Waals surface area (Å²) in [5, 5.41) is 10.2. The van der Waals surface area contributed by atoms with E-state index in [1.165, 1.54) is 12.1 Å². The van der Waals surface area contributed by atoms with Crippen LogP contribution in [0.5, 0.6) is 5.75 Å². The molecule has 3 aromatic rings. The number of esters is 1. The van der Waals surface area contributed by atoms with Crippen molar-refractivity contribution >= 4 is 16.9 Å². The smallest absolute Gasteiger partial charge is 0.342 e. The highest BCUT2D eigenvalue weighted by molar-refractivity contribution is 6.09. The Bertz CT molecular complexity index is 787. The zero-order chi connectivity index (χ0) is 14.8. The summed E-state index contributed by atoms with van der Waals surface area (Å²) in [5.74, 6) is 0.113. The lowest BCUT2D eigenvalue weighted by molar-refractivity contribution is 0.0528. The Morgan fingerprint density at radius 2 is 1.95 bits per heavy atom. The molecule has 3 rings (SSSR count). The van der Waals surface area contributed by atoms with Crippen LogP contribution in [0.3, 0.4) is 0 Å². The van der Waals surface area contributed by atoms with E-state index in [1.807, 2.05) is 30.3 Å². The Balaban J connectivity index is 2.27. The molecule has 0 radical (unpaired) electrons. The quantitative estimate of drug-likeness (QED) is 0.738. The minimum Gasteiger partial charge on any atom is -0.508 e. The maximum Gasteiger partial charge on any atom is 0.342 e. The lowest BCUT2D eigenvalue weighted by atomic mass is 10.1. The van der Waals surface area contributed by atoms with E-state index in [0.29, 0.717) is 22.3 Å². The first-order valence-corrected chi connectivity index (χ1v) is 6.68. The van der Waals surface area contributed by atoms with Crippen LogP contribution in [-0.2, 0) is 4.74 Å². The third kappa shape index (κ3) is 2.36. The van der Waals surface area contributed by atoms with Gasteiger partial charge in [0.2, 0.25) is 0 Å². The predicted octanol–water partition coefficient (Wildman–Crippen LogP) is 3.98. The molecule has 0 aliphatic rings. The molecule has 1 aromatic heterocycles. The molecule has 0 aliphatic heterocycles. The van der Waals surface area contributed by atoms with E-state index in [-0.39, 0.29) is 12.4 Å². The number of carbonyl (C=O) groups excluding carboxylic acids is 1. The van der Waals surface area contributed by atoms with E-state index in [9.17, 15) is 9.90 Å². The molecule has 0 amide bonds. The summed E-state index contributed by atoms with van der Waals surface area (Å²) in [4.78, 5) is 12.3. The van der Waals surface area contributed by atoms with Gasteiger partial charge in [-0.15, -0.1) is 0 Å². The summed E-state index contributed by atoms with van der Waals surface area (Å²) < 4.78 is 10.9. The number of ether oxygens (including phenoxy) is 1. The van der Waals surface area contributed by atoms with Crippen molar-refractivity contribution in [1.82, 2.24) is 0 Å². The zero-order valence-electron chi connectivity index (χ0n) is 11.5. The number of phenols is 1. The standard InChI is InChI=1S/C17H14O4/c1-2-20-17(19)15-13-9-8-12(18)10-14(13)21-16(15)11-6-4-3-5-7-11/h3-10,18H,2H2,1H3. The largest absolute Gasteiger partial charge is 0.508 e. The Morgan fingerprint density at radius 1 is 1.19 bits per heavy atom. The summed E-state index contributed by atoms with van der Waals surface area (Å²) in [6.45, 7) is 2.05. The number of benzene rings is 2. The van der Waals surface area contributed by atoms with Crippen molar-refractivity contribution in [3.05, 3.63) is 54.1 Å². The highest BCUT2D eigenvalue weighted by Gasteiger charge is 2.23.